The zero-order valence-corrected chi connectivity index (χ0v) is 13.0. The molecule has 2 aromatic carbocycles. The molecule has 0 aliphatic rings. The number of benzene rings is 2. The van der Waals surface area contributed by atoms with Crippen LogP contribution in [0.15, 0.2) is 64.8 Å². The Morgan fingerprint density at radius 2 is 1.54 bits per heavy atom. The number of nitrogens with two attached hydrogens (primary N) is 2. The molecule has 7 heteroatoms. The average Bonchev–Trinajstić information content (AvgIpc) is 2.60. The van der Waals surface area contributed by atoms with Gasteiger partial charge in [0.05, 0.1) is 11.4 Å². The molecule has 0 bridgehead atoms. The maximum Gasteiger partial charge on any atom is 0.328 e. The average molecular weight is 326 g/mol. The Morgan fingerprint density at radius 1 is 0.958 bits per heavy atom. The number of amides is 1. The number of esters is 1. The molecule has 0 heterocycles. The van der Waals surface area contributed by atoms with Crippen molar-refractivity contribution >= 4 is 23.3 Å². The number of hydrogen-bond donors (Lipinski definition) is 2. The zero-order valence-electron chi connectivity index (χ0n) is 13.0. The van der Waals surface area contributed by atoms with E-state index >= 15 is 0 Å². The van der Waals surface area contributed by atoms with Crippen LogP contribution < -0.4 is 16.2 Å². The third-order valence-corrected chi connectivity index (χ3v) is 3.10. The molecule has 124 valence electrons. The van der Waals surface area contributed by atoms with E-state index in [4.69, 9.17) is 16.2 Å². The second-order valence-corrected chi connectivity index (χ2v) is 5.06. The molecular formula is C17H18N4O3. The third-order valence-electron chi connectivity index (χ3n) is 3.10. The lowest BCUT2D eigenvalue weighted by atomic mass is 10.1. The highest BCUT2D eigenvalue weighted by Gasteiger charge is 2.16. The van der Waals surface area contributed by atoms with E-state index in [0.29, 0.717) is 11.4 Å². The molecule has 0 aliphatic carbocycles. The minimum absolute atomic E-state index is 0.0368. The van der Waals surface area contributed by atoms with Crippen LogP contribution in [-0.4, -0.2) is 17.9 Å². The van der Waals surface area contributed by atoms with Crippen LogP contribution >= 0.6 is 0 Å². The molecule has 2 rings (SSSR count). The summed E-state index contributed by atoms with van der Waals surface area (Å²) in [6, 6.07) is 15.0. The maximum absolute atomic E-state index is 11.8. The van der Waals surface area contributed by atoms with Crippen molar-refractivity contribution in [1.82, 2.24) is 0 Å². The molecular weight excluding hydrogens is 308 g/mol. The van der Waals surface area contributed by atoms with Crippen LogP contribution in [0.4, 0.5) is 11.4 Å². The van der Waals surface area contributed by atoms with Crippen molar-refractivity contribution in [2.75, 3.05) is 0 Å². The lowest BCUT2D eigenvalue weighted by Gasteiger charge is -2.10. The van der Waals surface area contributed by atoms with Gasteiger partial charge in [-0.3, -0.25) is 4.79 Å². The minimum Gasteiger partial charge on any atom is -0.425 e. The molecule has 7 nitrogen and oxygen atoms in total. The third kappa shape index (κ3) is 5.62. The normalized spacial score (nSPS) is 12.0. The van der Waals surface area contributed by atoms with Gasteiger partial charge in [-0.1, -0.05) is 18.2 Å². The Labute approximate surface area is 139 Å². The maximum atomic E-state index is 11.8. The monoisotopic (exact) mass is 326 g/mol. The van der Waals surface area contributed by atoms with Crippen molar-refractivity contribution in [2.24, 2.45) is 21.7 Å². The van der Waals surface area contributed by atoms with E-state index in [1.54, 1.807) is 24.3 Å². The first-order valence-corrected chi connectivity index (χ1v) is 7.37. The van der Waals surface area contributed by atoms with Crippen LogP contribution in [0.2, 0.25) is 0 Å². The lowest BCUT2D eigenvalue weighted by molar-refractivity contribution is -0.136. The SMILES string of the molecule is NC(=O)CC[C@H](N)C(=O)Oc1ccc(N=Nc2ccccc2)cc1. The molecule has 1 atom stereocenters. The molecule has 0 radical (unpaired) electrons. The van der Waals surface area contributed by atoms with Gasteiger partial charge in [-0.05, 0) is 42.8 Å². The molecule has 0 unspecified atom stereocenters. The van der Waals surface area contributed by atoms with Crippen LogP contribution in [0.3, 0.4) is 0 Å². The molecule has 4 N–H and O–H groups in total. The van der Waals surface area contributed by atoms with Crippen LogP contribution in [-0.2, 0) is 9.59 Å². The Bertz CT molecular complexity index is 714. The highest BCUT2D eigenvalue weighted by Crippen LogP contribution is 2.21. The van der Waals surface area contributed by atoms with Gasteiger partial charge in [-0.2, -0.15) is 10.2 Å². The minimum atomic E-state index is -0.894. The predicted molar refractivity (Wildman–Crippen MR) is 89.1 cm³/mol. The summed E-state index contributed by atoms with van der Waals surface area (Å²) in [5, 5.41) is 8.18. The molecule has 0 aromatic heterocycles. The van der Waals surface area contributed by atoms with Crippen molar-refractivity contribution in [3.05, 3.63) is 54.6 Å². The summed E-state index contributed by atoms with van der Waals surface area (Å²) in [4.78, 5) is 22.5. The molecule has 1 amide bonds. The van der Waals surface area contributed by atoms with Gasteiger partial charge >= 0.3 is 5.97 Å². The Morgan fingerprint density at radius 3 is 2.12 bits per heavy atom. The van der Waals surface area contributed by atoms with E-state index in [2.05, 4.69) is 10.2 Å². The molecule has 2 aromatic rings. The lowest BCUT2D eigenvalue weighted by Crippen LogP contribution is -2.35. The molecule has 24 heavy (non-hydrogen) atoms. The van der Waals surface area contributed by atoms with Crippen LogP contribution in [0.1, 0.15) is 12.8 Å². The van der Waals surface area contributed by atoms with Gasteiger partial charge in [0.25, 0.3) is 0 Å². The summed E-state index contributed by atoms with van der Waals surface area (Å²) in [7, 11) is 0. The second-order valence-electron chi connectivity index (χ2n) is 5.06. The van der Waals surface area contributed by atoms with Crippen molar-refractivity contribution in [3.8, 4) is 5.75 Å². The standard InChI is InChI=1S/C17H18N4O3/c18-15(10-11-16(19)22)17(23)24-14-8-6-13(7-9-14)21-20-12-4-2-1-3-5-12/h1-9,15H,10-11,18H2,(H2,19,22)/t15-/m0/s1. The fraction of sp³-hybridized carbons (Fsp3) is 0.176. The zero-order chi connectivity index (χ0) is 17.4. The van der Waals surface area contributed by atoms with E-state index in [0.717, 1.165) is 5.69 Å². The topological polar surface area (TPSA) is 120 Å². The number of hydrogen-bond acceptors (Lipinski definition) is 6. The number of nitrogens with zero attached hydrogens (tertiary/aromatic N) is 2. The summed E-state index contributed by atoms with van der Waals surface area (Å²) >= 11 is 0. The van der Waals surface area contributed by atoms with E-state index in [1.165, 1.54) is 0 Å². The van der Waals surface area contributed by atoms with Gasteiger partial charge in [0.1, 0.15) is 11.8 Å². The van der Waals surface area contributed by atoms with Crippen molar-refractivity contribution in [3.63, 3.8) is 0 Å². The first-order chi connectivity index (χ1) is 11.5. The Hall–Kier alpha value is -3.06. The van der Waals surface area contributed by atoms with E-state index in [1.807, 2.05) is 30.3 Å². The van der Waals surface area contributed by atoms with Gasteiger partial charge < -0.3 is 16.2 Å². The predicted octanol–water partition coefficient (Wildman–Crippen LogP) is 2.60. The molecule has 0 spiro atoms. The quantitative estimate of drug-likeness (QED) is 0.461. The van der Waals surface area contributed by atoms with Crippen molar-refractivity contribution < 1.29 is 14.3 Å². The summed E-state index contributed by atoms with van der Waals surface area (Å²) in [6.07, 6.45) is 0.187. The fourth-order valence-corrected chi connectivity index (χ4v) is 1.80. The summed E-state index contributed by atoms with van der Waals surface area (Å²) in [6.45, 7) is 0. The smallest absolute Gasteiger partial charge is 0.328 e. The summed E-state index contributed by atoms with van der Waals surface area (Å²) in [5.74, 6) is -0.783. The van der Waals surface area contributed by atoms with Crippen LogP contribution in [0.5, 0.6) is 5.75 Å². The van der Waals surface area contributed by atoms with Gasteiger partial charge in [0.2, 0.25) is 5.91 Å². The van der Waals surface area contributed by atoms with Crippen LogP contribution in [0, 0.1) is 0 Å². The number of rotatable bonds is 7. The van der Waals surface area contributed by atoms with Gasteiger partial charge in [0, 0.05) is 6.42 Å². The Kier molecular flexibility index (Phi) is 6.16. The highest BCUT2D eigenvalue weighted by molar-refractivity contribution is 5.79. The van der Waals surface area contributed by atoms with Crippen LogP contribution in [0.25, 0.3) is 0 Å². The first-order valence-electron chi connectivity index (χ1n) is 7.37. The summed E-state index contributed by atoms with van der Waals surface area (Å²) in [5.41, 5.74) is 12.0. The van der Waals surface area contributed by atoms with Gasteiger partial charge in [-0.25, -0.2) is 4.79 Å². The largest absolute Gasteiger partial charge is 0.425 e. The van der Waals surface area contributed by atoms with Gasteiger partial charge in [-0.15, -0.1) is 0 Å². The number of ether oxygens (including phenoxy) is 1. The fourth-order valence-electron chi connectivity index (χ4n) is 1.80. The first kappa shape index (κ1) is 17.3. The number of carbonyl (C=O) groups excluding carboxylic acids is 2. The summed E-state index contributed by atoms with van der Waals surface area (Å²) < 4.78 is 5.14. The molecule has 0 fully saturated rings. The van der Waals surface area contributed by atoms with Gasteiger partial charge in [0.15, 0.2) is 0 Å². The molecule has 0 saturated carbocycles. The van der Waals surface area contributed by atoms with E-state index in [-0.39, 0.29) is 12.8 Å². The highest BCUT2D eigenvalue weighted by atomic mass is 16.5. The second kappa shape index (κ2) is 8.54. The molecule has 0 aliphatic heterocycles. The van der Waals surface area contributed by atoms with E-state index < -0.39 is 17.9 Å². The Balaban J connectivity index is 1.91. The van der Waals surface area contributed by atoms with Crippen molar-refractivity contribution in [2.45, 2.75) is 18.9 Å². The number of primary amides is 1. The number of azo groups is 1. The van der Waals surface area contributed by atoms with E-state index in [9.17, 15) is 9.59 Å². The molecule has 0 saturated heterocycles. The number of carbonyl (C=O) groups is 2. The van der Waals surface area contributed by atoms with Crippen molar-refractivity contribution in [1.29, 1.82) is 0 Å².